The van der Waals surface area contributed by atoms with E-state index in [0.29, 0.717) is 0 Å². The molecule has 184 valence electrons. The summed E-state index contributed by atoms with van der Waals surface area (Å²) in [7, 11) is 0. The molecule has 0 radical (unpaired) electrons. The van der Waals surface area contributed by atoms with Crippen molar-refractivity contribution in [2.45, 2.75) is 69.6 Å². The molecule has 2 fully saturated rings. The van der Waals surface area contributed by atoms with E-state index in [-0.39, 0.29) is 50.7 Å². The fourth-order valence-electron chi connectivity index (χ4n) is 5.34. The van der Waals surface area contributed by atoms with Crippen LogP contribution in [0, 0.1) is 13.8 Å². The van der Waals surface area contributed by atoms with Gasteiger partial charge in [0.25, 0.3) is 0 Å². The van der Waals surface area contributed by atoms with Gasteiger partial charge in [-0.1, -0.05) is 37.8 Å². The topological polar surface area (TPSA) is 0 Å². The molecule has 2 aliphatic carbocycles. The molecule has 6 rings (SSSR count). The summed E-state index contributed by atoms with van der Waals surface area (Å²) in [6.07, 6.45) is 12.0. The standard InChI is InChI=1S/2C14H15.C3H6.2ClH.Hf/c2*1-2-6-11(5-1)14-9-12-7-3-4-8-13(12)10-14;1-3-2;;;/h2*3-4,7-11H,1-2,5-6H2;1-3H2;2*1H;/q2*-1;-2;;;/p-2. The molecule has 0 spiro atoms. The number of hydrogen-bond donors (Lipinski definition) is 0. The van der Waals surface area contributed by atoms with Crippen LogP contribution in [-0.4, -0.2) is 0 Å². The summed E-state index contributed by atoms with van der Waals surface area (Å²) in [4.78, 5) is 0. The molecule has 4 aromatic rings. The first-order valence-electron chi connectivity index (χ1n) is 12.2. The second-order valence-corrected chi connectivity index (χ2v) is 9.15. The zero-order valence-corrected chi connectivity index (χ0v) is 25.2. The zero-order valence-electron chi connectivity index (χ0n) is 20.1. The first kappa shape index (κ1) is 31.1. The predicted molar refractivity (Wildman–Crippen MR) is 137 cm³/mol. The fraction of sp³-hybridized carbons (Fsp3) is 0.355. The molecule has 0 nitrogen and oxygen atoms in total. The van der Waals surface area contributed by atoms with Gasteiger partial charge in [0.05, 0.1) is 0 Å². The van der Waals surface area contributed by atoms with Crippen molar-refractivity contribution in [1.82, 2.24) is 0 Å². The van der Waals surface area contributed by atoms with Crippen molar-refractivity contribution >= 4 is 21.5 Å². The summed E-state index contributed by atoms with van der Waals surface area (Å²) < 4.78 is 0. The Balaban J connectivity index is 0.000000283. The molecule has 0 amide bonds. The first-order valence-corrected chi connectivity index (χ1v) is 12.2. The summed E-state index contributed by atoms with van der Waals surface area (Å²) >= 11 is 0. The van der Waals surface area contributed by atoms with Gasteiger partial charge in [-0.2, -0.15) is 12.1 Å². The largest absolute Gasteiger partial charge is 1.00 e. The molecule has 2 saturated carbocycles. The van der Waals surface area contributed by atoms with Crippen LogP contribution in [0.5, 0.6) is 0 Å². The van der Waals surface area contributed by atoms with Gasteiger partial charge < -0.3 is 45.1 Å². The third kappa shape index (κ3) is 8.07. The molecule has 0 bridgehead atoms. The van der Waals surface area contributed by atoms with E-state index in [4.69, 9.17) is 0 Å². The van der Waals surface area contributed by atoms with Gasteiger partial charge in [0.2, 0.25) is 0 Å². The second kappa shape index (κ2) is 16.0. The minimum absolute atomic E-state index is 0. The van der Waals surface area contributed by atoms with E-state index in [0.717, 1.165) is 18.3 Å². The van der Waals surface area contributed by atoms with Gasteiger partial charge in [-0.05, 0) is 37.5 Å². The molecule has 3 heteroatoms. The monoisotopic (exact) mass is 658 g/mol. The molecule has 0 heterocycles. The fourth-order valence-corrected chi connectivity index (χ4v) is 5.34. The molecular weight excluding hydrogens is 622 g/mol. The van der Waals surface area contributed by atoms with Crippen molar-refractivity contribution in [3.05, 3.63) is 97.8 Å². The number of halogens is 2. The smallest absolute Gasteiger partial charge is 0 e. The maximum absolute atomic E-state index is 3.38. The Labute approximate surface area is 238 Å². The Morgan fingerprint density at radius 1 is 0.618 bits per heavy atom. The van der Waals surface area contributed by atoms with E-state index in [1.54, 1.807) is 11.1 Å². The van der Waals surface area contributed by atoms with Crippen molar-refractivity contribution < 1.29 is 50.7 Å². The summed E-state index contributed by atoms with van der Waals surface area (Å²) in [5.41, 5.74) is 3.15. The van der Waals surface area contributed by atoms with Crippen LogP contribution in [-0.2, 0) is 25.8 Å². The van der Waals surface area contributed by atoms with Crippen LogP contribution in [0.15, 0.2) is 72.8 Å². The molecule has 0 aliphatic heterocycles. The molecular formula is C31H36Cl2Hf-6. The van der Waals surface area contributed by atoms with Gasteiger partial charge in [-0.3, -0.25) is 0 Å². The SMILES string of the molecule is [CH2-]C[CH2-].[Cl-].[Cl-].[Hf].c1ccc2[cH-]c(C3CCCC3)cc2c1.c1ccc2[cH-]c(C3CCCC3)cc2c1. The van der Waals surface area contributed by atoms with Crippen molar-refractivity contribution in [3.63, 3.8) is 0 Å². The van der Waals surface area contributed by atoms with E-state index < -0.39 is 0 Å². The maximum atomic E-state index is 3.38. The van der Waals surface area contributed by atoms with Crippen LogP contribution in [0.4, 0.5) is 0 Å². The summed E-state index contributed by atoms with van der Waals surface area (Å²) in [6, 6.07) is 26.9. The summed E-state index contributed by atoms with van der Waals surface area (Å²) in [6.45, 7) is 6.75. The molecule has 4 aromatic carbocycles. The number of fused-ring (bicyclic) bond motifs is 2. The normalized spacial score (nSPS) is 15.4. The van der Waals surface area contributed by atoms with Crippen molar-refractivity contribution in [2.24, 2.45) is 0 Å². The van der Waals surface area contributed by atoms with Crippen LogP contribution < -0.4 is 24.8 Å². The Kier molecular flexibility index (Phi) is 14.6. The molecule has 0 N–H and O–H groups in total. The van der Waals surface area contributed by atoms with Crippen molar-refractivity contribution in [2.75, 3.05) is 0 Å². The third-order valence-corrected chi connectivity index (χ3v) is 6.93. The number of rotatable bonds is 2. The van der Waals surface area contributed by atoms with Crippen LogP contribution in [0.2, 0.25) is 0 Å². The molecule has 34 heavy (non-hydrogen) atoms. The molecule has 0 saturated heterocycles. The second-order valence-electron chi connectivity index (χ2n) is 9.15. The Morgan fingerprint density at radius 2 is 0.941 bits per heavy atom. The van der Waals surface area contributed by atoms with Crippen LogP contribution >= 0.6 is 0 Å². The van der Waals surface area contributed by atoms with Crippen LogP contribution in [0.25, 0.3) is 21.5 Å². The number of hydrogen-bond acceptors (Lipinski definition) is 0. The maximum Gasteiger partial charge on any atom is 0 e. The van der Waals surface area contributed by atoms with Gasteiger partial charge in [0, 0.05) is 25.8 Å². The zero-order chi connectivity index (χ0) is 21.5. The van der Waals surface area contributed by atoms with Crippen LogP contribution in [0.1, 0.15) is 80.8 Å². The Morgan fingerprint density at radius 3 is 1.26 bits per heavy atom. The summed E-state index contributed by atoms with van der Waals surface area (Å²) in [5.74, 6) is 1.70. The average molecular weight is 658 g/mol. The van der Waals surface area contributed by atoms with E-state index in [1.807, 2.05) is 0 Å². The van der Waals surface area contributed by atoms with Crippen molar-refractivity contribution in [3.8, 4) is 0 Å². The third-order valence-electron chi connectivity index (χ3n) is 6.93. The molecule has 0 unspecified atom stereocenters. The Bertz CT molecular complexity index is 913. The molecule has 2 aliphatic rings. The molecule has 0 atom stereocenters. The van der Waals surface area contributed by atoms with E-state index in [1.165, 1.54) is 72.9 Å². The van der Waals surface area contributed by atoms with E-state index in [2.05, 4.69) is 86.6 Å². The van der Waals surface area contributed by atoms with Gasteiger partial charge in [0.1, 0.15) is 0 Å². The van der Waals surface area contributed by atoms with E-state index >= 15 is 0 Å². The number of benzene rings is 2. The molecule has 0 aromatic heterocycles. The minimum atomic E-state index is 0. The minimum Gasteiger partial charge on any atom is -1.00 e. The van der Waals surface area contributed by atoms with Crippen molar-refractivity contribution in [1.29, 1.82) is 0 Å². The summed E-state index contributed by atoms with van der Waals surface area (Å²) in [5, 5.41) is 5.65. The van der Waals surface area contributed by atoms with Gasteiger partial charge in [-0.25, -0.2) is 0 Å². The van der Waals surface area contributed by atoms with Crippen LogP contribution in [0.3, 0.4) is 0 Å². The average Bonchev–Trinajstić information content (AvgIpc) is 3.60. The van der Waals surface area contributed by atoms with Gasteiger partial charge >= 0.3 is 0 Å². The Hall–Kier alpha value is -0.890. The predicted octanol–water partition coefficient (Wildman–Crippen LogP) is 3.48. The van der Waals surface area contributed by atoms with Gasteiger partial charge in [-0.15, -0.1) is 81.2 Å². The van der Waals surface area contributed by atoms with Gasteiger partial charge in [0.15, 0.2) is 0 Å². The van der Waals surface area contributed by atoms with E-state index in [9.17, 15) is 0 Å². The first-order chi connectivity index (χ1) is 15.3. The quantitative estimate of drug-likeness (QED) is 0.229.